The van der Waals surface area contributed by atoms with Gasteiger partial charge in [0.1, 0.15) is 18.1 Å². The molecular weight excluding hydrogens is 387 g/mol. The molecule has 1 saturated heterocycles. The maximum absolute atomic E-state index is 11.7. The van der Waals surface area contributed by atoms with Gasteiger partial charge in [-0.15, -0.1) is 24.8 Å². The zero-order valence-corrected chi connectivity index (χ0v) is 17.0. The summed E-state index contributed by atoms with van der Waals surface area (Å²) in [5.41, 5.74) is 2.52. The van der Waals surface area contributed by atoms with Crippen LogP contribution in [-0.2, 0) is 17.9 Å². The number of cyclic esters (lactones) is 1. The van der Waals surface area contributed by atoms with Gasteiger partial charge in [0.15, 0.2) is 0 Å². The number of carbonyl (C=O) groups is 1. The van der Waals surface area contributed by atoms with Gasteiger partial charge in [-0.05, 0) is 57.1 Å². The van der Waals surface area contributed by atoms with E-state index in [1.807, 2.05) is 30.3 Å². The molecule has 1 unspecified atom stereocenters. The SMILES string of the molecule is CN(Cc1ccc(-c2ccc3c(c2)C(=O)OC3)o1)CC1CCCNC1.Cl.Cl. The van der Waals surface area contributed by atoms with Crippen molar-refractivity contribution in [1.82, 2.24) is 10.2 Å². The van der Waals surface area contributed by atoms with Crippen LogP contribution in [0.4, 0.5) is 0 Å². The predicted octanol–water partition coefficient (Wildman–Crippen LogP) is 3.89. The average Bonchev–Trinajstić information content (AvgIpc) is 3.23. The van der Waals surface area contributed by atoms with Gasteiger partial charge in [-0.2, -0.15) is 0 Å². The number of furan rings is 1. The summed E-state index contributed by atoms with van der Waals surface area (Å²) in [5, 5.41) is 3.47. The molecule has 1 atom stereocenters. The van der Waals surface area contributed by atoms with Gasteiger partial charge >= 0.3 is 5.97 Å². The Balaban J connectivity index is 0.00000131. The number of rotatable bonds is 5. The quantitative estimate of drug-likeness (QED) is 0.754. The standard InChI is InChI=1S/C20H24N2O3.2ClH/c1-22(11-14-3-2-8-21-10-14)12-17-6-7-19(25-17)15-4-5-16-13-24-20(23)18(16)9-15;;/h4-7,9,14,21H,2-3,8,10-13H2,1H3;2*1H. The van der Waals surface area contributed by atoms with Crippen LogP contribution in [0.2, 0.25) is 0 Å². The second-order valence-electron chi connectivity index (χ2n) is 7.12. The minimum atomic E-state index is -0.246. The van der Waals surface area contributed by atoms with Crippen molar-refractivity contribution in [1.29, 1.82) is 0 Å². The van der Waals surface area contributed by atoms with Crippen LogP contribution in [0.15, 0.2) is 34.7 Å². The van der Waals surface area contributed by atoms with Crippen molar-refractivity contribution in [2.45, 2.75) is 26.0 Å². The fourth-order valence-corrected chi connectivity index (χ4v) is 3.74. The van der Waals surface area contributed by atoms with E-state index >= 15 is 0 Å². The van der Waals surface area contributed by atoms with E-state index in [2.05, 4.69) is 17.3 Å². The number of hydrogen-bond acceptors (Lipinski definition) is 5. The molecule has 0 bridgehead atoms. The van der Waals surface area contributed by atoms with E-state index in [1.165, 1.54) is 12.8 Å². The molecule has 1 aromatic carbocycles. The van der Waals surface area contributed by atoms with Crippen LogP contribution in [0.5, 0.6) is 0 Å². The highest BCUT2D eigenvalue weighted by Crippen LogP contribution is 2.28. The van der Waals surface area contributed by atoms with Gasteiger partial charge in [-0.25, -0.2) is 4.79 Å². The Morgan fingerprint density at radius 2 is 2.07 bits per heavy atom. The van der Waals surface area contributed by atoms with Crippen LogP contribution in [0.25, 0.3) is 11.3 Å². The first-order valence-electron chi connectivity index (χ1n) is 8.97. The highest BCUT2D eigenvalue weighted by molar-refractivity contribution is 5.94. The van der Waals surface area contributed by atoms with Crippen molar-refractivity contribution >= 4 is 30.8 Å². The van der Waals surface area contributed by atoms with E-state index in [-0.39, 0.29) is 30.8 Å². The Hall–Kier alpha value is -1.53. The molecule has 2 aliphatic rings. The summed E-state index contributed by atoms with van der Waals surface area (Å²) in [6.07, 6.45) is 2.57. The van der Waals surface area contributed by atoms with E-state index < -0.39 is 0 Å². The van der Waals surface area contributed by atoms with E-state index in [1.54, 1.807) is 0 Å². The molecule has 0 spiro atoms. The van der Waals surface area contributed by atoms with Crippen molar-refractivity contribution < 1.29 is 13.9 Å². The molecule has 1 fully saturated rings. The largest absolute Gasteiger partial charge is 0.460 e. The minimum absolute atomic E-state index is 0. The van der Waals surface area contributed by atoms with Gasteiger partial charge in [0.2, 0.25) is 0 Å². The molecule has 0 aliphatic carbocycles. The Kier molecular flexibility index (Phi) is 7.74. The summed E-state index contributed by atoms with van der Waals surface area (Å²) >= 11 is 0. The summed E-state index contributed by atoms with van der Waals surface area (Å²) in [5.74, 6) is 2.22. The molecule has 1 aromatic heterocycles. The third-order valence-electron chi connectivity index (χ3n) is 5.03. The van der Waals surface area contributed by atoms with Crippen LogP contribution in [0.3, 0.4) is 0 Å². The molecule has 0 saturated carbocycles. The van der Waals surface area contributed by atoms with Crippen molar-refractivity contribution in [2.75, 3.05) is 26.7 Å². The van der Waals surface area contributed by atoms with Gasteiger partial charge in [0.25, 0.3) is 0 Å². The van der Waals surface area contributed by atoms with Crippen LogP contribution in [0.1, 0.15) is 34.5 Å². The molecule has 27 heavy (non-hydrogen) atoms. The number of fused-ring (bicyclic) bond motifs is 1. The first kappa shape index (κ1) is 21.8. The summed E-state index contributed by atoms with van der Waals surface area (Å²) in [4.78, 5) is 14.0. The number of carbonyl (C=O) groups excluding carboxylic acids is 1. The molecule has 0 radical (unpaired) electrons. The lowest BCUT2D eigenvalue weighted by molar-refractivity contribution is 0.0535. The summed E-state index contributed by atoms with van der Waals surface area (Å²) in [6.45, 7) is 4.50. The third kappa shape index (κ3) is 5.05. The van der Waals surface area contributed by atoms with E-state index in [4.69, 9.17) is 9.15 Å². The lowest BCUT2D eigenvalue weighted by Crippen LogP contribution is -2.36. The van der Waals surface area contributed by atoms with E-state index in [9.17, 15) is 4.79 Å². The molecule has 4 rings (SSSR count). The van der Waals surface area contributed by atoms with Crippen LogP contribution < -0.4 is 5.32 Å². The molecule has 7 heteroatoms. The molecule has 5 nitrogen and oxygen atoms in total. The predicted molar refractivity (Wildman–Crippen MR) is 110 cm³/mol. The summed E-state index contributed by atoms with van der Waals surface area (Å²) < 4.78 is 11.1. The average molecular weight is 413 g/mol. The van der Waals surface area contributed by atoms with Crippen molar-refractivity contribution in [3.05, 3.63) is 47.2 Å². The fraction of sp³-hybridized carbons (Fsp3) is 0.450. The number of halogens is 2. The van der Waals surface area contributed by atoms with Crippen molar-refractivity contribution in [2.24, 2.45) is 5.92 Å². The first-order valence-corrected chi connectivity index (χ1v) is 8.97. The van der Waals surface area contributed by atoms with E-state index in [0.717, 1.165) is 54.7 Å². The van der Waals surface area contributed by atoms with Gasteiger partial charge in [0.05, 0.1) is 12.1 Å². The molecular formula is C20H26Cl2N2O3. The molecule has 3 heterocycles. The number of ether oxygens (including phenoxy) is 1. The van der Waals surface area contributed by atoms with Gasteiger partial charge in [-0.1, -0.05) is 12.1 Å². The zero-order valence-electron chi connectivity index (χ0n) is 15.4. The highest BCUT2D eigenvalue weighted by atomic mass is 35.5. The molecule has 1 N–H and O–H groups in total. The maximum atomic E-state index is 11.7. The Morgan fingerprint density at radius 1 is 1.22 bits per heavy atom. The second kappa shape index (κ2) is 9.60. The topological polar surface area (TPSA) is 54.7 Å². The van der Waals surface area contributed by atoms with Crippen LogP contribution >= 0.6 is 24.8 Å². The monoisotopic (exact) mass is 412 g/mol. The van der Waals surface area contributed by atoms with Crippen LogP contribution in [0, 0.1) is 5.92 Å². The third-order valence-corrected chi connectivity index (χ3v) is 5.03. The summed E-state index contributed by atoms with van der Waals surface area (Å²) in [6, 6.07) is 9.80. The molecule has 0 amide bonds. The zero-order chi connectivity index (χ0) is 17.2. The lowest BCUT2D eigenvalue weighted by atomic mass is 9.99. The maximum Gasteiger partial charge on any atom is 0.338 e. The van der Waals surface area contributed by atoms with Crippen molar-refractivity contribution in [3.8, 4) is 11.3 Å². The Bertz CT molecular complexity index is 772. The van der Waals surface area contributed by atoms with E-state index in [0.29, 0.717) is 12.2 Å². The van der Waals surface area contributed by atoms with Gasteiger partial charge in [0, 0.05) is 17.7 Å². The minimum Gasteiger partial charge on any atom is -0.460 e. The lowest BCUT2D eigenvalue weighted by Gasteiger charge is -2.27. The number of hydrogen-bond donors (Lipinski definition) is 1. The second-order valence-corrected chi connectivity index (χ2v) is 7.12. The van der Waals surface area contributed by atoms with Crippen molar-refractivity contribution in [3.63, 3.8) is 0 Å². The molecule has 2 aromatic rings. The number of nitrogens with one attached hydrogen (secondary N) is 1. The number of nitrogens with zero attached hydrogens (tertiary/aromatic N) is 1. The molecule has 2 aliphatic heterocycles. The first-order chi connectivity index (χ1) is 12.2. The smallest absolute Gasteiger partial charge is 0.338 e. The number of piperidine rings is 1. The number of esters is 1. The fourth-order valence-electron chi connectivity index (χ4n) is 3.74. The Morgan fingerprint density at radius 3 is 2.85 bits per heavy atom. The molecule has 148 valence electrons. The number of benzene rings is 1. The highest BCUT2D eigenvalue weighted by Gasteiger charge is 2.22. The Labute approximate surface area is 172 Å². The van der Waals surface area contributed by atoms with Crippen LogP contribution in [-0.4, -0.2) is 37.6 Å². The summed E-state index contributed by atoms with van der Waals surface area (Å²) in [7, 11) is 2.14. The van der Waals surface area contributed by atoms with Gasteiger partial charge < -0.3 is 14.5 Å². The normalized spacial score (nSPS) is 18.4. The van der Waals surface area contributed by atoms with Gasteiger partial charge in [-0.3, -0.25) is 4.90 Å².